The summed E-state index contributed by atoms with van der Waals surface area (Å²) in [7, 11) is 0. The van der Waals surface area contributed by atoms with E-state index in [0.29, 0.717) is 18.9 Å². The van der Waals surface area contributed by atoms with Crippen LogP contribution in [0.15, 0.2) is 6.20 Å². The van der Waals surface area contributed by atoms with Gasteiger partial charge in [0, 0.05) is 19.2 Å². The largest absolute Gasteiger partial charge is 0.476 e. The summed E-state index contributed by atoms with van der Waals surface area (Å²) < 4.78 is 10.9. The Morgan fingerprint density at radius 3 is 3.18 bits per heavy atom. The molecule has 0 bridgehead atoms. The van der Waals surface area contributed by atoms with Crippen LogP contribution in [0.5, 0.6) is 0 Å². The first kappa shape index (κ1) is 12.1. The lowest BCUT2D eigenvalue weighted by Gasteiger charge is -2.22. The molecule has 1 aromatic heterocycles. The first-order valence-electron chi connectivity index (χ1n) is 5.76. The van der Waals surface area contributed by atoms with E-state index >= 15 is 0 Å². The third-order valence-electron chi connectivity index (χ3n) is 2.63. The normalized spacial score (nSPS) is 20.4. The summed E-state index contributed by atoms with van der Waals surface area (Å²) >= 11 is 0. The van der Waals surface area contributed by atoms with Crippen LogP contribution in [0.1, 0.15) is 35.6 Å². The molecular weight excluding hydrogens is 224 g/mol. The second kappa shape index (κ2) is 5.79. The zero-order chi connectivity index (χ0) is 12.1. The number of ether oxygens (including phenoxy) is 2. The van der Waals surface area contributed by atoms with Crippen LogP contribution in [0.4, 0.5) is 0 Å². The lowest BCUT2D eigenvalue weighted by Crippen LogP contribution is -2.23. The molecule has 0 aliphatic carbocycles. The number of nitrogens with zero attached hydrogens (tertiary/aromatic N) is 1. The summed E-state index contributed by atoms with van der Waals surface area (Å²) in [6.45, 7) is 1.24. The molecule has 94 valence electrons. The minimum atomic E-state index is -1.02. The molecule has 1 atom stereocenters. The topological polar surface area (TPSA) is 84.4 Å². The van der Waals surface area contributed by atoms with Crippen LogP contribution < -0.4 is 0 Å². The molecule has 2 rings (SSSR count). The lowest BCUT2D eigenvalue weighted by molar-refractivity contribution is -0.161. The van der Waals surface area contributed by atoms with E-state index in [0.717, 1.165) is 25.9 Å². The molecule has 1 aliphatic rings. The molecule has 1 fully saturated rings. The number of hydrogen-bond acceptors (Lipinski definition) is 4. The highest BCUT2D eigenvalue weighted by molar-refractivity contribution is 5.84. The van der Waals surface area contributed by atoms with Gasteiger partial charge < -0.3 is 19.6 Å². The molecule has 0 spiro atoms. The number of aromatic carboxylic acids is 1. The van der Waals surface area contributed by atoms with E-state index in [1.54, 1.807) is 0 Å². The van der Waals surface area contributed by atoms with Crippen LogP contribution in [0.25, 0.3) is 0 Å². The molecular formula is C11H16N2O4. The molecule has 0 amide bonds. The highest BCUT2D eigenvalue weighted by Gasteiger charge is 2.14. The molecule has 2 N–H and O–H groups in total. The molecule has 1 aliphatic heterocycles. The molecule has 17 heavy (non-hydrogen) atoms. The fraction of sp³-hybridized carbons (Fsp3) is 0.636. The first-order chi connectivity index (χ1) is 8.25. The molecule has 2 heterocycles. The van der Waals surface area contributed by atoms with Crippen molar-refractivity contribution in [2.45, 2.75) is 32.0 Å². The van der Waals surface area contributed by atoms with Gasteiger partial charge in [-0.2, -0.15) is 0 Å². The van der Waals surface area contributed by atoms with Gasteiger partial charge in [0.05, 0.1) is 6.61 Å². The van der Waals surface area contributed by atoms with Crippen molar-refractivity contribution in [3.8, 4) is 0 Å². The average Bonchev–Trinajstić information content (AvgIpc) is 2.79. The predicted molar refractivity (Wildman–Crippen MR) is 58.8 cm³/mol. The maximum atomic E-state index is 10.6. The fourth-order valence-corrected chi connectivity index (χ4v) is 1.73. The zero-order valence-corrected chi connectivity index (χ0v) is 9.52. The maximum absolute atomic E-state index is 10.6. The molecule has 0 radical (unpaired) electrons. The maximum Gasteiger partial charge on any atom is 0.356 e. The number of H-pyrrole nitrogens is 1. The minimum absolute atomic E-state index is 0.0360. The van der Waals surface area contributed by atoms with Gasteiger partial charge in [0.2, 0.25) is 0 Å². The molecule has 0 aromatic carbocycles. The van der Waals surface area contributed by atoms with Crippen molar-refractivity contribution >= 4 is 5.97 Å². The van der Waals surface area contributed by atoms with Crippen molar-refractivity contribution in [2.24, 2.45) is 0 Å². The third kappa shape index (κ3) is 3.54. The van der Waals surface area contributed by atoms with E-state index < -0.39 is 5.97 Å². The molecule has 6 nitrogen and oxygen atoms in total. The Labute approximate surface area is 99.0 Å². The van der Waals surface area contributed by atoms with Crippen LogP contribution in [0, 0.1) is 0 Å². The van der Waals surface area contributed by atoms with E-state index in [4.69, 9.17) is 14.6 Å². The van der Waals surface area contributed by atoms with Gasteiger partial charge in [-0.3, -0.25) is 0 Å². The average molecular weight is 240 g/mol. The zero-order valence-electron chi connectivity index (χ0n) is 9.52. The monoisotopic (exact) mass is 240 g/mol. The highest BCUT2D eigenvalue weighted by atomic mass is 16.7. The quantitative estimate of drug-likeness (QED) is 0.807. The number of aromatic nitrogens is 2. The van der Waals surface area contributed by atoms with Gasteiger partial charge in [-0.1, -0.05) is 0 Å². The Hall–Kier alpha value is -1.40. The summed E-state index contributed by atoms with van der Waals surface area (Å²) in [5.41, 5.74) is 0.0360. The molecule has 1 aromatic rings. The Bertz CT molecular complexity index is 371. The van der Waals surface area contributed by atoms with Crippen molar-refractivity contribution < 1.29 is 19.4 Å². The third-order valence-corrected chi connectivity index (χ3v) is 2.63. The van der Waals surface area contributed by atoms with E-state index in [-0.39, 0.29) is 12.0 Å². The number of carbonyl (C=O) groups is 1. The van der Waals surface area contributed by atoms with Gasteiger partial charge in [0.1, 0.15) is 5.82 Å². The predicted octanol–water partition coefficient (Wildman–Crippen LogP) is 1.19. The number of carboxylic acids is 1. The second-order valence-corrected chi connectivity index (χ2v) is 3.95. The Kier molecular flexibility index (Phi) is 4.11. The summed E-state index contributed by atoms with van der Waals surface area (Å²) in [6, 6.07) is 0. The number of aromatic amines is 1. The molecule has 0 saturated carbocycles. The second-order valence-electron chi connectivity index (χ2n) is 3.95. The minimum Gasteiger partial charge on any atom is -0.476 e. The van der Waals surface area contributed by atoms with Crippen LogP contribution in [0.2, 0.25) is 0 Å². The van der Waals surface area contributed by atoms with Gasteiger partial charge in [0.15, 0.2) is 12.0 Å². The van der Waals surface area contributed by atoms with E-state index in [1.165, 1.54) is 6.20 Å². The van der Waals surface area contributed by atoms with E-state index in [1.807, 2.05) is 0 Å². The van der Waals surface area contributed by atoms with E-state index in [9.17, 15) is 4.79 Å². The number of hydrogen-bond donors (Lipinski definition) is 2. The number of rotatable bonds is 5. The molecule has 6 heteroatoms. The van der Waals surface area contributed by atoms with Crippen LogP contribution in [0.3, 0.4) is 0 Å². The molecule has 1 saturated heterocycles. The summed E-state index contributed by atoms with van der Waals surface area (Å²) in [4.78, 5) is 17.3. The van der Waals surface area contributed by atoms with Crippen molar-refractivity contribution in [1.82, 2.24) is 9.97 Å². The van der Waals surface area contributed by atoms with Crippen LogP contribution in [-0.4, -0.2) is 40.5 Å². The van der Waals surface area contributed by atoms with Gasteiger partial charge in [0.25, 0.3) is 0 Å². The summed E-state index contributed by atoms with van der Waals surface area (Å²) in [5.74, 6) is -0.401. The van der Waals surface area contributed by atoms with Gasteiger partial charge in [-0.05, 0) is 19.3 Å². The Morgan fingerprint density at radius 2 is 2.53 bits per heavy atom. The van der Waals surface area contributed by atoms with Crippen molar-refractivity contribution in [1.29, 1.82) is 0 Å². The molecule has 1 unspecified atom stereocenters. The van der Waals surface area contributed by atoms with Crippen molar-refractivity contribution in [2.75, 3.05) is 13.2 Å². The smallest absolute Gasteiger partial charge is 0.356 e. The standard InChI is InChI=1S/C11H16N2O4/c14-11(15)8-7-12-9(13-8)4-6-17-10-3-1-2-5-16-10/h7,10H,1-6H2,(H,12,13)(H,14,15). The van der Waals surface area contributed by atoms with Crippen LogP contribution in [-0.2, 0) is 15.9 Å². The SMILES string of the molecule is O=C(O)c1c[nH]c(CCOC2CCCCO2)n1. The Balaban J connectivity index is 1.71. The summed E-state index contributed by atoms with van der Waals surface area (Å²) in [6.07, 6.45) is 4.99. The lowest BCUT2D eigenvalue weighted by atomic mass is 10.2. The van der Waals surface area contributed by atoms with Crippen molar-refractivity contribution in [3.05, 3.63) is 17.7 Å². The van der Waals surface area contributed by atoms with Crippen molar-refractivity contribution in [3.63, 3.8) is 0 Å². The van der Waals surface area contributed by atoms with Gasteiger partial charge in [-0.25, -0.2) is 9.78 Å². The number of carboxylic acid groups (broad SMARTS) is 1. The van der Waals surface area contributed by atoms with Crippen LogP contribution >= 0.6 is 0 Å². The summed E-state index contributed by atoms with van der Waals surface area (Å²) in [5, 5.41) is 8.69. The van der Waals surface area contributed by atoms with E-state index in [2.05, 4.69) is 9.97 Å². The van der Waals surface area contributed by atoms with Gasteiger partial charge in [-0.15, -0.1) is 0 Å². The van der Waals surface area contributed by atoms with Gasteiger partial charge >= 0.3 is 5.97 Å². The highest BCUT2D eigenvalue weighted by Crippen LogP contribution is 2.13. The number of nitrogens with one attached hydrogen (secondary N) is 1. The first-order valence-corrected chi connectivity index (χ1v) is 5.76. The Morgan fingerprint density at radius 1 is 1.65 bits per heavy atom. The fourth-order valence-electron chi connectivity index (χ4n) is 1.73. The number of imidazole rings is 1.